The number of hydrogen-bond acceptors (Lipinski definition) is 5. The molecule has 1 saturated heterocycles. The fourth-order valence-corrected chi connectivity index (χ4v) is 4.61. The molecule has 2 heterocycles. The molecule has 0 aromatic rings. The van der Waals surface area contributed by atoms with Crippen LogP contribution in [0, 0.1) is 11.8 Å². The van der Waals surface area contributed by atoms with Gasteiger partial charge in [0.05, 0.1) is 22.6 Å². The van der Waals surface area contributed by atoms with Gasteiger partial charge in [-0.15, -0.1) is 11.8 Å². The van der Waals surface area contributed by atoms with Gasteiger partial charge in [0, 0.05) is 10.8 Å². The summed E-state index contributed by atoms with van der Waals surface area (Å²) >= 11 is 3.14. The highest BCUT2D eigenvalue weighted by Crippen LogP contribution is 2.51. The van der Waals surface area contributed by atoms with Crippen molar-refractivity contribution in [2.24, 2.45) is 11.8 Å². The predicted molar refractivity (Wildman–Crippen MR) is 80.2 cm³/mol. The summed E-state index contributed by atoms with van der Waals surface area (Å²) in [4.78, 5) is 25.7. The number of carbonyl (C=O) groups is 2. The highest BCUT2D eigenvalue weighted by molar-refractivity contribution is 8.18. The monoisotopic (exact) mass is 317 g/mol. The van der Waals surface area contributed by atoms with Gasteiger partial charge in [-0.25, -0.2) is 4.79 Å². The standard InChI is InChI=1S/C13H19NO4S2/c1-5-9-8(6(2)15)12(16)14(9)10(13(17)18)11(5)20-7(3)19-4/h5-9,15H,1-4H3,(H,17,18)/t5-,6-,7-,8-,9-/m1/s1. The Kier molecular flexibility index (Phi) is 4.41. The van der Waals surface area contributed by atoms with Gasteiger partial charge in [-0.1, -0.05) is 6.92 Å². The van der Waals surface area contributed by atoms with Crippen molar-refractivity contribution in [1.82, 2.24) is 4.90 Å². The van der Waals surface area contributed by atoms with E-state index in [9.17, 15) is 19.8 Å². The molecule has 2 N–H and O–H groups in total. The molecule has 2 aliphatic rings. The number of rotatable bonds is 5. The van der Waals surface area contributed by atoms with Gasteiger partial charge in [0.2, 0.25) is 5.91 Å². The van der Waals surface area contributed by atoms with E-state index in [1.807, 2.05) is 20.1 Å². The maximum atomic E-state index is 12.1. The first-order valence-electron chi connectivity index (χ1n) is 6.49. The molecule has 0 unspecified atom stereocenters. The molecule has 0 aliphatic carbocycles. The van der Waals surface area contributed by atoms with Crippen LogP contribution in [0.1, 0.15) is 20.8 Å². The number of aliphatic hydroxyl groups excluding tert-OH is 1. The first-order chi connectivity index (χ1) is 9.31. The highest BCUT2D eigenvalue weighted by Gasteiger charge is 2.60. The van der Waals surface area contributed by atoms with Crippen LogP contribution in [-0.2, 0) is 9.59 Å². The van der Waals surface area contributed by atoms with E-state index in [1.54, 1.807) is 18.7 Å². The molecule has 0 bridgehead atoms. The van der Waals surface area contributed by atoms with Gasteiger partial charge in [-0.05, 0) is 20.1 Å². The summed E-state index contributed by atoms with van der Waals surface area (Å²) in [5.41, 5.74) is 0.107. The van der Waals surface area contributed by atoms with Crippen molar-refractivity contribution in [2.75, 3.05) is 6.26 Å². The van der Waals surface area contributed by atoms with E-state index in [4.69, 9.17) is 0 Å². The largest absolute Gasteiger partial charge is 0.477 e. The third kappa shape index (κ3) is 2.25. The van der Waals surface area contributed by atoms with E-state index in [0.29, 0.717) is 0 Å². The molecule has 112 valence electrons. The zero-order chi connectivity index (χ0) is 15.2. The van der Waals surface area contributed by atoms with Crippen LogP contribution in [0.4, 0.5) is 0 Å². The molecule has 5 atom stereocenters. The minimum absolute atomic E-state index is 0.0435. The van der Waals surface area contributed by atoms with Crippen LogP contribution in [0.25, 0.3) is 0 Å². The molecular weight excluding hydrogens is 298 g/mol. The molecule has 0 radical (unpaired) electrons. The number of hydrogen-bond donors (Lipinski definition) is 2. The van der Waals surface area contributed by atoms with Gasteiger partial charge < -0.3 is 15.1 Å². The van der Waals surface area contributed by atoms with Crippen molar-refractivity contribution in [3.8, 4) is 0 Å². The topological polar surface area (TPSA) is 77.8 Å². The van der Waals surface area contributed by atoms with E-state index >= 15 is 0 Å². The van der Waals surface area contributed by atoms with Crippen molar-refractivity contribution in [2.45, 2.75) is 37.5 Å². The summed E-state index contributed by atoms with van der Waals surface area (Å²) in [6.07, 6.45) is 1.22. The van der Waals surface area contributed by atoms with Crippen LogP contribution in [0.15, 0.2) is 10.6 Å². The zero-order valence-electron chi connectivity index (χ0n) is 11.9. The fourth-order valence-electron chi connectivity index (χ4n) is 2.91. The van der Waals surface area contributed by atoms with Crippen LogP contribution in [0.3, 0.4) is 0 Å². The number of aliphatic hydroxyl groups is 1. The van der Waals surface area contributed by atoms with Crippen LogP contribution in [0.2, 0.25) is 0 Å². The van der Waals surface area contributed by atoms with Gasteiger partial charge in [-0.3, -0.25) is 4.79 Å². The Hall–Kier alpha value is -0.660. The third-order valence-electron chi connectivity index (χ3n) is 3.94. The van der Waals surface area contributed by atoms with Gasteiger partial charge in [0.15, 0.2) is 0 Å². The summed E-state index contributed by atoms with van der Waals surface area (Å²) < 4.78 is 0.223. The summed E-state index contributed by atoms with van der Waals surface area (Å²) in [7, 11) is 0. The molecule has 0 saturated carbocycles. The Bertz CT molecular complexity index is 477. The maximum absolute atomic E-state index is 12.1. The Morgan fingerprint density at radius 2 is 2.00 bits per heavy atom. The molecular formula is C13H19NO4S2. The molecule has 7 heteroatoms. The van der Waals surface area contributed by atoms with E-state index in [0.717, 1.165) is 4.91 Å². The van der Waals surface area contributed by atoms with Gasteiger partial charge in [0.1, 0.15) is 5.70 Å². The molecule has 5 nitrogen and oxygen atoms in total. The average Bonchev–Trinajstić information content (AvgIpc) is 2.59. The lowest BCUT2D eigenvalue weighted by atomic mass is 9.79. The molecule has 0 aromatic heterocycles. The zero-order valence-corrected chi connectivity index (χ0v) is 13.5. The average molecular weight is 317 g/mol. The second-order valence-electron chi connectivity index (χ2n) is 5.19. The van der Waals surface area contributed by atoms with Gasteiger partial charge in [-0.2, -0.15) is 11.8 Å². The normalized spacial score (nSPS) is 31.9. The van der Waals surface area contributed by atoms with Crippen molar-refractivity contribution < 1.29 is 19.8 Å². The molecule has 0 aromatic carbocycles. The maximum Gasteiger partial charge on any atom is 0.353 e. The molecule has 1 fully saturated rings. The number of carbonyl (C=O) groups excluding carboxylic acids is 1. The van der Waals surface area contributed by atoms with Crippen LogP contribution in [0.5, 0.6) is 0 Å². The van der Waals surface area contributed by atoms with Crippen molar-refractivity contribution in [1.29, 1.82) is 0 Å². The summed E-state index contributed by atoms with van der Waals surface area (Å²) in [6.45, 7) is 5.53. The molecule has 1 amide bonds. The Morgan fingerprint density at radius 3 is 2.45 bits per heavy atom. The van der Waals surface area contributed by atoms with E-state index < -0.39 is 18.0 Å². The number of carboxylic acids is 1. The SMILES string of the molecule is CS[C@@H](C)SC1=C(C(=O)O)N2C(=O)[C@H]([C@@H](C)O)[C@H]2[C@H]1C. The quantitative estimate of drug-likeness (QED) is 0.592. The van der Waals surface area contributed by atoms with Crippen molar-refractivity contribution in [3.05, 3.63) is 10.6 Å². The number of carboxylic acid groups (broad SMARTS) is 1. The first-order valence-corrected chi connectivity index (χ1v) is 8.66. The lowest BCUT2D eigenvalue weighted by molar-refractivity contribution is -0.163. The summed E-state index contributed by atoms with van der Waals surface area (Å²) in [6, 6.07) is -0.217. The van der Waals surface area contributed by atoms with E-state index in [1.165, 1.54) is 16.7 Å². The molecule has 20 heavy (non-hydrogen) atoms. The molecule has 2 aliphatic heterocycles. The fraction of sp³-hybridized carbons (Fsp3) is 0.692. The van der Waals surface area contributed by atoms with E-state index in [-0.39, 0.29) is 28.1 Å². The number of nitrogens with zero attached hydrogens (tertiary/aromatic N) is 1. The highest BCUT2D eigenvalue weighted by atomic mass is 32.2. The molecule has 0 spiro atoms. The van der Waals surface area contributed by atoms with Crippen LogP contribution in [-0.4, -0.2) is 50.0 Å². The Balaban J connectivity index is 2.35. The second-order valence-corrected chi connectivity index (χ2v) is 8.05. The number of β-lactam (4-membered cyclic amide) rings is 1. The second kappa shape index (κ2) is 5.61. The van der Waals surface area contributed by atoms with Crippen LogP contribution < -0.4 is 0 Å². The van der Waals surface area contributed by atoms with Crippen molar-refractivity contribution >= 4 is 35.4 Å². The third-order valence-corrected chi connectivity index (χ3v) is 6.62. The number of amides is 1. The minimum atomic E-state index is -1.06. The Labute approximate surface area is 126 Å². The smallest absolute Gasteiger partial charge is 0.353 e. The predicted octanol–water partition coefficient (Wildman–Crippen LogP) is 1.58. The molecule has 2 rings (SSSR count). The van der Waals surface area contributed by atoms with Gasteiger partial charge in [0.25, 0.3) is 0 Å². The van der Waals surface area contributed by atoms with Crippen molar-refractivity contribution in [3.63, 3.8) is 0 Å². The summed E-state index contributed by atoms with van der Waals surface area (Å²) in [5, 5.41) is 19.1. The van der Waals surface area contributed by atoms with Crippen LogP contribution >= 0.6 is 23.5 Å². The van der Waals surface area contributed by atoms with E-state index in [2.05, 4.69) is 0 Å². The first kappa shape index (κ1) is 15.7. The number of aliphatic carboxylic acids is 1. The van der Waals surface area contributed by atoms with Gasteiger partial charge >= 0.3 is 5.97 Å². The Morgan fingerprint density at radius 1 is 1.40 bits per heavy atom. The number of fused-ring (bicyclic) bond motifs is 1. The lowest BCUT2D eigenvalue weighted by Gasteiger charge is -2.46. The lowest BCUT2D eigenvalue weighted by Crippen LogP contribution is -2.63. The number of thioether (sulfide) groups is 2. The summed E-state index contributed by atoms with van der Waals surface area (Å²) in [5.74, 6) is -1.87. The minimum Gasteiger partial charge on any atom is -0.477 e.